The molecular formula is C35H35N3O5S3. The summed E-state index contributed by atoms with van der Waals surface area (Å²) in [5.74, 6) is -0.983. The molecule has 2 aromatic heterocycles. The van der Waals surface area contributed by atoms with E-state index in [0.29, 0.717) is 34.2 Å². The standard InChI is InChI=1S/C35H35N3O5S3/c1-4-28(33(41)38-34-30(35(42)43-3)26-16-15-21(2)18-29(26)46-34)45-25-13-8-12-23(19-25)36-32(40)27(20-24-14-9-17-44-24)37-31(39)22-10-6-5-7-11-22/h5-14,17,19-21,28H,4,15-16,18H2,1-3H3,(H,36,40)(H,37,39)(H,38,41)/b27-20-. The van der Waals surface area contributed by atoms with E-state index in [1.165, 1.54) is 41.5 Å². The molecule has 0 spiro atoms. The number of anilines is 2. The first-order chi connectivity index (χ1) is 22.2. The Bertz CT molecular complexity index is 1750. The highest BCUT2D eigenvalue weighted by Gasteiger charge is 2.30. The van der Waals surface area contributed by atoms with Crippen LogP contribution < -0.4 is 16.0 Å². The second kappa shape index (κ2) is 15.4. The Morgan fingerprint density at radius 1 is 1.04 bits per heavy atom. The normalized spacial score (nSPS) is 14.9. The molecule has 2 heterocycles. The van der Waals surface area contributed by atoms with E-state index in [0.717, 1.165) is 39.5 Å². The fourth-order valence-corrected chi connectivity index (χ4v) is 8.21. The van der Waals surface area contributed by atoms with Gasteiger partial charge in [-0.25, -0.2) is 4.79 Å². The molecule has 46 heavy (non-hydrogen) atoms. The number of hydrogen-bond donors (Lipinski definition) is 3. The monoisotopic (exact) mass is 673 g/mol. The van der Waals surface area contributed by atoms with Gasteiger partial charge in [0.25, 0.3) is 11.8 Å². The fraction of sp³-hybridized carbons (Fsp3) is 0.257. The number of carbonyl (C=O) groups excluding carboxylic acids is 4. The predicted molar refractivity (Wildman–Crippen MR) is 187 cm³/mol. The summed E-state index contributed by atoms with van der Waals surface area (Å²) < 4.78 is 5.08. The Kier molecular flexibility index (Phi) is 11.1. The number of fused-ring (bicyclic) bond motifs is 1. The zero-order valence-electron chi connectivity index (χ0n) is 25.8. The summed E-state index contributed by atoms with van der Waals surface area (Å²) in [4.78, 5) is 55.3. The molecule has 1 aliphatic carbocycles. The van der Waals surface area contributed by atoms with Gasteiger partial charge in [0.15, 0.2) is 0 Å². The number of amides is 3. The molecule has 0 aliphatic heterocycles. The topological polar surface area (TPSA) is 114 Å². The van der Waals surface area contributed by atoms with Crippen molar-refractivity contribution in [2.75, 3.05) is 17.7 Å². The van der Waals surface area contributed by atoms with Gasteiger partial charge in [0.05, 0.1) is 17.9 Å². The zero-order chi connectivity index (χ0) is 32.6. The number of thioether (sulfide) groups is 1. The van der Waals surface area contributed by atoms with E-state index in [1.54, 1.807) is 48.5 Å². The lowest BCUT2D eigenvalue weighted by atomic mass is 9.88. The lowest BCUT2D eigenvalue weighted by Crippen LogP contribution is -2.30. The van der Waals surface area contributed by atoms with E-state index in [2.05, 4.69) is 22.9 Å². The molecule has 5 rings (SSSR count). The van der Waals surface area contributed by atoms with Crippen LogP contribution in [0.4, 0.5) is 10.7 Å². The summed E-state index contributed by atoms with van der Waals surface area (Å²) in [5.41, 5.74) is 2.52. The Morgan fingerprint density at radius 2 is 1.85 bits per heavy atom. The zero-order valence-corrected chi connectivity index (χ0v) is 28.2. The SMILES string of the molecule is CCC(Sc1cccc(NC(=O)/C(=C/c2cccs2)NC(=O)c2ccccc2)c1)C(=O)Nc1sc2c(c1C(=O)OC)CCC(C)C2. The van der Waals surface area contributed by atoms with E-state index >= 15 is 0 Å². The molecule has 0 saturated heterocycles. The van der Waals surface area contributed by atoms with Crippen molar-refractivity contribution < 1.29 is 23.9 Å². The molecule has 238 valence electrons. The molecule has 2 unspecified atom stereocenters. The van der Waals surface area contributed by atoms with E-state index in [-0.39, 0.29) is 11.6 Å². The molecule has 11 heteroatoms. The minimum absolute atomic E-state index is 0.106. The van der Waals surface area contributed by atoms with Crippen LogP contribution >= 0.6 is 34.4 Å². The van der Waals surface area contributed by atoms with Crippen LogP contribution in [0.15, 0.2) is 82.7 Å². The van der Waals surface area contributed by atoms with Crippen LogP contribution in [-0.2, 0) is 27.2 Å². The maximum atomic E-state index is 13.5. The minimum Gasteiger partial charge on any atom is -0.465 e. The first-order valence-electron chi connectivity index (χ1n) is 15.0. The van der Waals surface area contributed by atoms with Gasteiger partial charge >= 0.3 is 5.97 Å². The van der Waals surface area contributed by atoms with E-state index in [1.807, 2.05) is 36.6 Å². The van der Waals surface area contributed by atoms with Crippen LogP contribution in [0.25, 0.3) is 6.08 Å². The van der Waals surface area contributed by atoms with Crippen molar-refractivity contribution >= 4 is 74.9 Å². The average molecular weight is 674 g/mol. The smallest absolute Gasteiger partial charge is 0.341 e. The third kappa shape index (κ3) is 8.14. The van der Waals surface area contributed by atoms with E-state index in [4.69, 9.17) is 4.74 Å². The highest BCUT2D eigenvalue weighted by molar-refractivity contribution is 8.00. The third-order valence-electron chi connectivity index (χ3n) is 7.53. The van der Waals surface area contributed by atoms with E-state index in [9.17, 15) is 19.2 Å². The number of ether oxygens (including phenoxy) is 1. The summed E-state index contributed by atoms with van der Waals surface area (Å²) in [7, 11) is 1.36. The quantitative estimate of drug-likeness (QED) is 0.0857. The van der Waals surface area contributed by atoms with Gasteiger partial charge in [0.1, 0.15) is 10.7 Å². The van der Waals surface area contributed by atoms with Gasteiger partial charge in [-0.3, -0.25) is 14.4 Å². The first-order valence-corrected chi connectivity index (χ1v) is 17.6. The Labute approximate surface area is 280 Å². The maximum Gasteiger partial charge on any atom is 0.341 e. The molecule has 0 radical (unpaired) electrons. The van der Waals surface area contributed by atoms with Gasteiger partial charge < -0.3 is 20.7 Å². The highest BCUT2D eigenvalue weighted by atomic mass is 32.2. The van der Waals surface area contributed by atoms with E-state index < -0.39 is 23.0 Å². The van der Waals surface area contributed by atoms with Crippen LogP contribution in [0.3, 0.4) is 0 Å². The fourth-order valence-electron chi connectivity index (χ4n) is 5.14. The summed E-state index contributed by atoms with van der Waals surface area (Å²) in [5, 5.41) is 10.6. The Hall–Kier alpha value is -4.19. The molecule has 0 fully saturated rings. The average Bonchev–Trinajstić information content (AvgIpc) is 3.70. The van der Waals surface area contributed by atoms with Crippen LogP contribution in [0.2, 0.25) is 0 Å². The molecule has 0 saturated carbocycles. The molecule has 2 aromatic carbocycles. The van der Waals surface area contributed by atoms with Crippen molar-refractivity contribution in [3.63, 3.8) is 0 Å². The Morgan fingerprint density at radius 3 is 2.57 bits per heavy atom. The molecule has 4 aromatic rings. The van der Waals surface area contributed by atoms with Crippen molar-refractivity contribution in [3.05, 3.63) is 104 Å². The van der Waals surface area contributed by atoms with Crippen LogP contribution in [-0.4, -0.2) is 36.1 Å². The van der Waals surface area contributed by atoms with Crippen molar-refractivity contribution in [2.24, 2.45) is 5.92 Å². The number of rotatable bonds is 11. The van der Waals surface area contributed by atoms with Gasteiger partial charge in [-0.2, -0.15) is 0 Å². The lowest BCUT2D eigenvalue weighted by Gasteiger charge is -2.18. The summed E-state index contributed by atoms with van der Waals surface area (Å²) in [6, 6.07) is 19.7. The first kappa shape index (κ1) is 33.2. The van der Waals surface area contributed by atoms with Crippen LogP contribution in [0.5, 0.6) is 0 Å². The predicted octanol–water partition coefficient (Wildman–Crippen LogP) is 7.64. The minimum atomic E-state index is -0.476. The van der Waals surface area contributed by atoms with Crippen molar-refractivity contribution in [1.82, 2.24) is 5.32 Å². The molecule has 3 N–H and O–H groups in total. The Balaban J connectivity index is 1.29. The van der Waals surface area contributed by atoms with Gasteiger partial charge in [0.2, 0.25) is 5.91 Å². The number of carbonyl (C=O) groups is 4. The third-order valence-corrected chi connectivity index (χ3v) is 10.9. The molecule has 2 atom stereocenters. The molecular weight excluding hydrogens is 639 g/mol. The number of benzene rings is 2. The van der Waals surface area contributed by atoms with Gasteiger partial charge in [0, 0.05) is 25.9 Å². The maximum absolute atomic E-state index is 13.5. The van der Waals surface area contributed by atoms with Crippen molar-refractivity contribution in [1.29, 1.82) is 0 Å². The van der Waals surface area contributed by atoms with Crippen LogP contribution in [0, 0.1) is 5.92 Å². The van der Waals surface area contributed by atoms with Crippen molar-refractivity contribution in [2.45, 2.75) is 49.7 Å². The highest BCUT2D eigenvalue weighted by Crippen LogP contribution is 2.40. The molecule has 1 aliphatic rings. The van der Waals surface area contributed by atoms with Gasteiger partial charge in [-0.1, -0.05) is 44.2 Å². The lowest BCUT2D eigenvalue weighted by molar-refractivity contribution is -0.116. The summed E-state index contributed by atoms with van der Waals surface area (Å²) >= 11 is 4.29. The summed E-state index contributed by atoms with van der Waals surface area (Å²) in [6.45, 7) is 4.13. The van der Waals surface area contributed by atoms with Crippen molar-refractivity contribution in [3.8, 4) is 0 Å². The summed E-state index contributed by atoms with van der Waals surface area (Å²) in [6.07, 6.45) is 4.85. The molecule has 0 bridgehead atoms. The number of esters is 1. The number of hydrogen-bond acceptors (Lipinski definition) is 8. The largest absolute Gasteiger partial charge is 0.465 e. The van der Waals surface area contributed by atoms with Crippen LogP contribution in [0.1, 0.15) is 62.7 Å². The second-order valence-corrected chi connectivity index (χ2v) is 14.3. The second-order valence-electron chi connectivity index (χ2n) is 10.9. The number of thiophene rings is 2. The van der Waals surface area contributed by atoms with Gasteiger partial charge in [-0.05, 0) is 85.0 Å². The van der Waals surface area contributed by atoms with Gasteiger partial charge in [-0.15, -0.1) is 34.4 Å². The molecule has 8 nitrogen and oxygen atoms in total. The number of nitrogens with one attached hydrogen (secondary N) is 3. The molecule has 3 amide bonds. The number of methoxy groups -OCH3 is 1.